The van der Waals surface area contributed by atoms with E-state index >= 15 is 0 Å². The molecule has 0 saturated carbocycles. The number of hydrogen-bond donors (Lipinski definition) is 1. The van der Waals surface area contributed by atoms with Crippen LogP contribution in [0.1, 0.15) is 5.56 Å². The highest BCUT2D eigenvalue weighted by atomic mass is 35.5. The summed E-state index contributed by atoms with van der Waals surface area (Å²) in [7, 11) is 0. The molecule has 0 spiro atoms. The van der Waals surface area contributed by atoms with Gasteiger partial charge in [0.05, 0.1) is 9.90 Å². The lowest BCUT2D eigenvalue weighted by molar-refractivity contribution is 0.439. The molecule has 2 rings (SSSR count). The largest absolute Gasteiger partial charge is 0.368 e. The zero-order valence-corrected chi connectivity index (χ0v) is 8.45. The number of thiophene rings is 1. The van der Waals surface area contributed by atoms with Gasteiger partial charge in [0, 0.05) is 6.07 Å². The molecule has 0 atom stereocenters. The number of aryl methyl sites for hydroxylation is 1. The second kappa shape index (κ2) is 3.05. The molecular weight excluding hydrogens is 208 g/mol. The van der Waals surface area contributed by atoms with Gasteiger partial charge >= 0.3 is 0 Å². The third kappa shape index (κ3) is 1.43. The van der Waals surface area contributed by atoms with Crippen LogP contribution in [-0.2, 0) is 0 Å². The Morgan fingerprint density at radius 3 is 2.85 bits per heavy atom. The van der Waals surface area contributed by atoms with Crippen molar-refractivity contribution in [2.24, 2.45) is 0 Å². The van der Waals surface area contributed by atoms with E-state index in [2.05, 4.69) is 5.16 Å². The number of halogens is 1. The van der Waals surface area contributed by atoms with Gasteiger partial charge in [0.15, 0.2) is 0 Å². The smallest absolute Gasteiger partial charge is 0.222 e. The molecule has 0 aromatic carbocycles. The quantitative estimate of drug-likeness (QED) is 0.794. The van der Waals surface area contributed by atoms with Crippen molar-refractivity contribution in [1.29, 1.82) is 0 Å². The van der Waals surface area contributed by atoms with Crippen molar-refractivity contribution in [3.8, 4) is 10.6 Å². The van der Waals surface area contributed by atoms with Gasteiger partial charge in [-0.05, 0) is 17.9 Å². The van der Waals surface area contributed by atoms with E-state index in [0.717, 1.165) is 15.5 Å². The minimum Gasteiger partial charge on any atom is -0.368 e. The Hall–Kier alpha value is -1.00. The number of anilines is 1. The van der Waals surface area contributed by atoms with Gasteiger partial charge in [0.2, 0.25) is 5.88 Å². The highest BCUT2D eigenvalue weighted by molar-refractivity contribution is 7.14. The minimum absolute atomic E-state index is 0.303. The maximum atomic E-state index is 6.04. The first kappa shape index (κ1) is 8.59. The monoisotopic (exact) mass is 214 g/mol. The molecule has 2 heterocycles. The van der Waals surface area contributed by atoms with Crippen molar-refractivity contribution in [2.75, 3.05) is 5.73 Å². The third-order valence-electron chi connectivity index (χ3n) is 1.66. The molecule has 2 N–H and O–H groups in total. The molecule has 68 valence electrons. The lowest BCUT2D eigenvalue weighted by Crippen LogP contribution is -1.76. The van der Waals surface area contributed by atoms with Crippen LogP contribution in [0.2, 0.25) is 5.02 Å². The fourth-order valence-corrected chi connectivity index (χ4v) is 2.24. The first-order valence-corrected chi connectivity index (χ1v) is 4.90. The normalized spacial score (nSPS) is 10.6. The molecule has 0 radical (unpaired) electrons. The Morgan fingerprint density at radius 1 is 1.62 bits per heavy atom. The van der Waals surface area contributed by atoms with Crippen LogP contribution >= 0.6 is 22.9 Å². The summed E-state index contributed by atoms with van der Waals surface area (Å²) in [5.41, 5.74) is 7.14. The van der Waals surface area contributed by atoms with Gasteiger partial charge in [-0.3, -0.25) is 0 Å². The SMILES string of the molecule is Cc1csc(-c2cc(N)on2)c1Cl. The molecule has 0 amide bonds. The van der Waals surface area contributed by atoms with E-state index in [4.69, 9.17) is 21.9 Å². The summed E-state index contributed by atoms with van der Waals surface area (Å²) in [5.74, 6) is 0.303. The van der Waals surface area contributed by atoms with Crippen LogP contribution in [0, 0.1) is 6.92 Å². The zero-order valence-electron chi connectivity index (χ0n) is 6.87. The Bertz CT molecular complexity index is 435. The number of nitrogens with zero attached hydrogens (tertiary/aromatic N) is 1. The number of aromatic nitrogens is 1. The standard InChI is InChI=1S/C8H7ClN2OS/c1-4-3-13-8(7(4)9)5-2-6(10)12-11-5/h2-3H,10H2,1H3. The molecule has 0 saturated heterocycles. The summed E-state index contributed by atoms with van der Waals surface area (Å²) in [6, 6.07) is 1.66. The molecule has 0 aliphatic heterocycles. The topological polar surface area (TPSA) is 52.0 Å². The lowest BCUT2D eigenvalue weighted by atomic mass is 10.3. The Balaban J connectivity index is 2.52. The predicted molar refractivity (Wildman–Crippen MR) is 54.0 cm³/mol. The number of rotatable bonds is 1. The highest BCUT2D eigenvalue weighted by Gasteiger charge is 2.12. The molecule has 0 aliphatic carbocycles. The van der Waals surface area contributed by atoms with Gasteiger partial charge in [0.25, 0.3) is 0 Å². The van der Waals surface area contributed by atoms with Crippen LogP contribution in [0.25, 0.3) is 10.6 Å². The van der Waals surface area contributed by atoms with Crippen LogP contribution < -0.4 is 5.73 Å². The molecular formula is C8H7ClN2OS. The second-order valence-electron chi connectivity index (χ2n) is 2.68. The first-order valence-electron chi connectivity index (χ1n) is 3.64. The zero-order chi connectivity index (χ0) is 9.42. The average Bonchev–Trinajstić information content (AvgIpc) is 2.62. The summed E-state index contributed by atoms with van der Waals surface area (Å²) in [6.45, 7) is 1.95. The van der Waals surface area contributed by atoms with E-state index in [-0.39, 0.29) is 0 Å². The van der Waals surface area contributed by atoms with Gasteiger partial charge in [0.1, 0.15) is 5.69 Å². The fraction of sp³-hybridized carbons (Fsp3) is 0.125. The maximum Gasteiger partial charge on any atom is 0.222 e. The molecule has 13 heavy (non-hydrogen) atoms. The van der Waals surface area contributed by atoms with Crippen LogP contribution in [0.15, 0.2) is 16.0 Å². The average molecular weight is 215 g/mol. The maximum absolute atomic E-state index is 6.04. The summed E-state index contributed by atoms with van der Waals surface area (Å²) >= 11 is 7.57. The van der Waals surface area contributed by atoms with E-state index in [0.29, 0.717) is 11.6 Å². The van der Waals surface area contributed by atoms with E-state index in [9.17, 15) is 0 Å². The number of nitrogen functional groups attached to an aromatic ring is 1. The molecule has 0 aliphatic rings. The van der Waals surface area contributed by atoms with Crippen molar-refractivity contribution < 1.29 is 4.52 Å². The van der Waals surface area contributed by atoms with Crippen molar-refractivity contribution in [1.82, 2.24) is 5.16 Å². The van der Waals surface area contributed by atoms with Gasteiger partial charge in [-0.25, -0.2) is 0 Å². The fourth-order valence-electron chi connectivity index (χ4n) is 0.999. The van der Waals surface area contributed by atoms with Crippen molar-refractivity contribution >= 4 is 28.8 Å². The van der Waals surface area contributed by atoms with Crippen molar-refractivity contribution in [3.05, 3.63) is 22.0 Å². The van der Waals surface area contributed by atoms with Gasteiger partial charge in [-0.2, -0.15) is 0 Å². The van der Waals surface area contributed by atoms with E-state index in [1.807, 2.05) is 12.3 Å². The predicted octanol–water partition coefficient (Wildman–Crippen LogP) is 2.95. The molecule has 5 heteroatoms. The molecule has 0 fully saturated rings. The van der Waals surface area contributed by atoms with E-state index in [1.165, 1.54) is 11.3 Å². The third-order valence-corrected chi connectivity index (χ3v) is 3.38. The first-order chi connectivity index (χ1) is 6.18. The van der Waals surface area contributed by atoms with Crippen LogP contribution in [0.3, 0.4) is 0 Å². The summed E-state index contributed by atoms with van der Waals surface area (Å²) in [4.78, 5) is 0.902. The van der Waals surface area contributed by atoms with E-state index < -0.39 is 0 Å². The molecule has 3 nitrogen and oxygen atoms in total. The van der Waals surface area contributed by atoms with Crippen molar-refractivity contribution in [3.63, 3.8) is 0 Å². The highest BCUT2D eigenvalue weighted by Crippen LogP contribution is 2.36. The Kier molecular flexibility index (Phi) is 2.01. The van der Waals surface area contributed by atoms with Crippen LogP contribution in [0.4, 0.5) is 5.88 Å². The van der Waals surface area contributed by atoms with Gasteiger partial charge in [-0.15, -0.1) is 11.3 Å². The van der Waals surface area contributed by atoms with Crippen LogP contribution in [0.5, 0.6) is 0 Å². The molecule has 0 unspecified atom stereocenters. The Labute approximate surface area is 84.1 Å². The van der Waals surface area contributed by atoms with Crippen LogP contribution in [-0.4, -0.2) is 5.16 Å². The van der Waals surface area contributed by atoms with Crippen molar-refractivity contribution in [2.45, 2.75) is 6.92 Å². The van der Waals surface area contributed by atoms with E-state index in [1.54, 1.807) is 6.07 Å². The molecule has 0 bridgehead atoms. The lowest BCUT2D eigenvalue weighted by Gasteiger charge is -1.89. The summed E-state index contributed by atoms with van der Waals surface area (Å²) in [5, 5.41) is 6.48. The number of hydrogen-bond acceptors (Lipinski definition) is 4. The summed E-state index contributed by atoms with van der Waals surface area (Å²) < 4.78 is 4.76. The molecule has 2 aromatic rings. The second-order valence-corrected chi connectivity index (χ2v) is 3.93. The Morgan fingerprint density at radius 2 is 2.38 bits per heavy atom. The van der Waals surface area contributed by atoms with Gasteiger partial charge < -0.3 is 10.3 Å². The summed E-state index contributed by atoms with van der Waals surface area (Å²) in [6.07, 6.45) is 0. The number of nitrogens with two attached hydrogens (primary N) is 1. The van der Waals surface area contributed by atoms with Gasteiger partial charge in [-0.1, -0.05) is 16.8 Å². The minimum atomic E-state index is 0.303. The molecule has 2 aromatic heterocycles.